The topological polar surface area (TPSA) is 66.8 Å². The molecule has 0 radical (unpaired) electrons. The Labute approximate surface area is 118 Å². The normalized spacial score (nSPS) is 18.1. The average Bonchev–Trinajstić information content (AvgIpc) is 2.93. The van der Waals surface area contributed by atoms with Crippen molar-refractivity contribution in [3.63, 3.8) is 0 Å². The van der Waals surface area contributed by atoms with Crippen molar-refractivity contribution in [2.24, 2.45) is 0 Å². The van der Waals surface area contributed by atoms with E-state index in [0.717, 1.165) is 19.4 Å². The van der Waals surface area contributed by atoms with E-state index in [2.05, 4.69) is 0 Å². The van der Waals surface area contributed by atoms with Crippen LogP contribution in [0.3, 0.4) is 0 Å². The van der Waals surface area contributed by atoms with Gasteiger partial charge in [0, 0.05) is 13.0 Å². The highest BCUT2D eigenvalue weighted by Gasteiger charge is 2.28. The summed E-state index contributed by atoms with van der Waals surface area (Å²) in [6.07, 6.45) is 2.49. The Balaban J connectivity index is 1.91. The Hall–Kier alpha value is -2.04. The number of carboxylic acids is 1. The van der Waals surface area contributed by atoms with Gasteiger partial charge in [0.2, 0.25) is 5.91 Å². The highest BCUT2D eigenvalue weighted by atomic mass is 16.5. The number of hydrogen-bond donors (Lipinski definition) is 1. The third-order valence-electron chi connectivity index (χ3n) is 3.54. The fourth-order valence-corrected chi connectivity index (χ4v) is 2.43. The van der Waals surface area contributed by atoms with Crippen LogP contribution in [0.25, 0.3) is 0 Å². The standard InChI is InChI=1S/C15H19NO4/c1-2-14(17)16-9-3-4-12(16)10-20-13-7-5-11(6-8-13)15(18)19/h5-8,12H,2-4,9-10H2,1H3,(H,18,19)/t12-/m0/s1. The number of hydrogen-bond acceptors (Lipinski definition) is 3. The molecule has 5 heteroatoms. The molecule has 20 heavy (non-hydrogen) atoms. The Kier molecular flexibility index (Phi) is 4.61. The molecular weight excluding hydrogens is 258 g/mol. The number of carbonyl (C=O) groups excluding carboxylic acids is 1. The number of amides is 1. The van der Waals surface area contributed by atoms with Crippen LogP contribution < -0.4 is 4.74 Å². The van der Waals surface area contributed by atoms with Crippen molar-refractivity contribution in [1.29, 1.82) is 0 Å². The van der Waals surface area contributed by atoms with E-state index in [1.807, 2.05) is 11.8 Å². The first kappa shape index (κ1) is 14.4. The minimum atomic E-state index is -0.952. The van der Waals surface area contributed by atoms with Gasteiger partial charge in [0.15, 0.2) is 0 Å². The van der Waals surface area contributed by atoms with Crippen molar-refractivity contribution in [3.05, 3.63) is 29.8 Å². The van der Waals surface area contributed by atoms with Crippen molar-refractivity contribution in [1.82, 2.24) is 4.90 Å². The number of carboxylic acid groups (broad SMARTS) is 1. The quantitative estimate of drug-likeness (QED) is 0.895. The maximum absolute atomic E-state index is 11.8. The zero-order valence-electron chi connectivity index (χ0n) is 11.5. The molecule has 108 valence electrons. The number of rotatable bonds is 5. The van der Waals surface area contributed by atoms with E-state index in [1.165, 1.54) is 12.1 Å². The van der Waals surface area contributed by atoms with E-state index in [0.29, 0.717) is 18.8 Å². The van der Waals surface area contributed by atoms with Crippen molar-refractivity contribution < 1.29 is 19.4 Å². The second-order valence-corrected chi connectivity index (χ2v) is 4.88. The molecule has 1 atom stereocenters. The summed E-state index contributed by atoms with van der Waals surface area (Å²) in [5.74, 6) is -0.157. The number of carbonyl (C=O) groups is 2. The highest BCUT2D eigenvalue weighted by Crippen LogP contribution is 2.20. The monoisotopic (exact) mass is 277 g/mol. The van der Waals surface area contributed by atoms with E-state index < -0.39 is 5.97 Å². The van der Waals surface area contributed by atoms with Gasteiger partial charge in [0.05, 0.1) is 11.6 Å². The summed E-state index contributed by atoms with van der Waals surface area (Å²) in [5.41, 5.74) is 0.237. The fourth-order valence-electron chi connectivity index (χ4n) is 2.43. The van der Waals surface area contributed by atoms with Gasteiger partial charge in [-0.25, -0.2) is 4.79 Å². The minimum absolute atomic E-state index is 0.126. The van der Waals surface area contributed by atoms with Crippen LogP contribution in [0.2, 0.25) is 0 Å². The van der Waals surface area contributed by atoms with E-state index in [4.69, 9.17) is 9.84 Å². The maximum Gasteiger partial charge on any atom is 0.335 e. The van der Waals surface area contributed by atoms with E-state index in [-0.39, 0.29) is 17.5 Å². The van der Waals surface area contributed by atoms with E-state index >= 15 is 0 Å². The average molecular weight is 277 g/mol. The highest BCUT2D eigenvalue weighted by molar-refractivity contribution is 5.87. The summed E-state index contributed by atoms with van der Waals surface area (Å²) in [4.78, 5) is 24.4. The van der Waals surface area contributed by atoms with Crippen molar-refractivity contribution in [3.8, 4) is 5.75 Å². The lowest BCUT2D eigenvalue weighted by Gasteiger charge is -2.24. The van der Waals surface area contributed by atoms with Crippen LogP contribution in [0, 0.1) is 0 Å². The summed E-state index contributed by atoms with van der Waals surface area (Å²) in [7, 11) is 0. The summed E-state index contributed by atoms with van der Waals surface area (Å²) < 4.78 is 5.66. The number of benzene rings is 1. The molecule has 5 nitrogen and oxygen atoms in total. The molecule has 0 bridgehead atoms. The molecule has 0 aliphatic carbocycles. The minimum Gasteiger partial charge on any atom is -0.491 e. The molecule has 0 spiro atoms. The van der Waals surface area contributed by atoms with Gasteiger partial charge in [-0.15, -0.1) is 0 Å². The van der Waals surface area contributed by atoms with Crippen molar-refractivity contribution in [2.75, 3.05) is 13.2 Å². The molecular formula is C15H19NO4. The molecule has 1 saturated heterocycles. The van der Waals surface area contributed by atoms with Gasteiger partial charge in [0.1, 0.15) is 12.4 Å². The Bertz CT molecular complexity index is 483. The second kappa shape index (κ2) is 6.41. The molecule has 1 aromatic carbocycles. The SMILES string of the molecule is CCC(=O)N1CCC[C@H]1COc1ccc(C(=O)O)cc1. The molecule has 0 unspecified atom stereocenters. The first-order valence-corrected chi connectivity index (χ1v) is 6.87. The third kappa shape index (κ3) is 3.29. The van der Waals surface area contributed by atoms with Crippen molar-refractivity contribution in [2.45, 2.75) is 32.2 Å². The summed E-state index contributed by atoms with van der Waals surface area (Å²) in [5, 5.41) is 8.82. The number of ether oxygens (including phenoxy) is 1. The van der Waals surface area contributed by atoms with Gasteiger partial charge in [-0.1, -0.05) is 6.92 Å². The Morgan fingerprint density at radius 3 is 2.65 bits per heavy atom. The molecule has 1 N–H and O–H groups in total. The lowest BCUT2D eigenvalue weighted by molar-refractivity contribution is -0.132. The molecule has 1 aliphatic rings. The molecule has 1 aromatic rings. The predicted molar refractivity (Wildman–Crippen MR) is 73.9 cm³/mol. The van der Waals surface area contributed by atoms with Gasteiger partial charge < -0.3 is 14.7 Å². The van der Waals surface area contributed by atoms with Crippen molar-refractivity contribution >= 4 is 11.9 Å². The van der Waals surface area contributed by atoms with Crippen LogP contribution in [0.1, 0.15) is 36.5 Å². The zero-order valence-corrected chi connectivity index (χ0v) is 11.5. The van der Waals surface area contributed by atoms with Gasteiger partial charge in [-0.05, 0) is 37.1 Å². The predicted octanol–water partition coefficient (Wildman–Crippen LogP) is 2.16. The zero-order chi connectivity index (χ0) is 14.5. The summed E-state index contributed by atoms with van der Waals surface area (Å²) in [6.45, 7) is 3.13. The molecule has 1 amide bonds. The molecule has 0 saturated carbocycles. The molecule has 1 aliphatic heterocycles. The van der Waals surface area contributed by atoms with Crippen LogP contribution in [-0.4, -0.2) is 41.1 Å². The molecule has 1 fully saturated rings. The van der Waals surface area contributed by atoms with Crippen LogP contribution in [0.15, 0.2) is 24.3 Å². The van der Waals surface area contributed by atoms with Crippen LogP contribution in [0.4, 0.5) is 0 Å². The smallest absolute Gasteiger partial charge is 0.335 e. The van der Waals surface area contributed by atoms with Gasteiger partial charge in [0.25, 0.3) is 0 Å². The molecule has 2 rings (SSSR count). The summed E-state index contributed by atoms with van der Waals surface area (Å²) in [6, 6.07) is 6.44. The second-order valence-electron chi connectivity index (χ2n) is 4.88. The lowest BCUT2D eigenvalue weighted by atomic mass is 10.2. The van der Waals surface area contributed by atoms with Gasteiger partial charge in [-0.3, -0.25) is 4.79 Å². The number of likely N-dealkylation sites (tertiary alicyclic amines) is 1. The van der Waals surface area contributed by atoms with Crippen LogP contribution in [0.5, 0.6) is 5.75 Å². The third-order valence-corrected chi connectivity index (χ3v) is 3.54. The van der Waals surface area contributed by atoms with Gasteiger partial charge >= 0.3 is 5.97 Å². The van der Waals surface area contributed by atoms with Crippen LogP contribution in [-0.2, 0) is 4.79 Å². The van der Waals surface area contributed by atoms with E-state index in [1.54, 1.807) is 12.1 Å². The summed E-state index contributed by atoms with van der Waals surface area (Å²) >= 11 is 0. The largest absolute Gasteiger partial charge is 0.491 e. The first-order chi connectivity index (χ1) is 9.61. The maximum atomic E-state index is 11.8. The molecule has 0 aromatic heterocycles. The number of aromatic carboxylic acids is 1. The Morgan fingerprint density at radius 2 is 2.05 bits per heavy atom. The molecule has 1 heterocycles. The van der Waals surface area contributed by atoms with Gasteiger partial charge in [-0.2, -0.15) is 0 Å². The van der Waals surface area contributed by atoms with Crippen LogP contribution >= 0.6 is 0 Å². The first-order valence-electron chi connectivity index (χ1n) is 6.87. The number of nitrogens with zero attached hydrogens (tertiary/aromatic N) is 1. The fraction of sp³-hybridized carbons (Fsp3) is 0.467. The Morgan fingerprint density at radius 1 is 1.35 bits per heavy atom. The lowest BCUT2D eigenvalue weighted by Crippen LogP contribution is -2.38. The van der Waals surface area contributed by atoms with E-state index in [9.17, 15) is 9.59 Å².